The average Bonchev–Trinajstić information content (AvgIpc) is 2.77. The summed E-state index contributed by atoms with van der Waals surface area (Å²) in [5.41, 5.74) is 0.588. The number of carbonyl (C=O) groups is 2. The molecule has 0 aliphatic carbocycles. The molecule has 0 saturated carbocycles. The van der Waals surface area contributed by atoms with Gasteiger partial charge in [0.15, 0.2) is 0 Å². The second-order valence-electron chi connectivity index (χ2n) is 5.61. The molecular weight excluding hydrogens is 480 g/mol. The molecule has 0 aliphatic heterocycles. The predicted octanol–water partition coefficient (Wildman–Crippen LogP) is 2.03. The number of ether oxygens (including phenoxy) is 2. The van der Waals surface area contributed by atoms with Crippen molar-refractivity contribution >= 4 is 56.7 Å². The number of thiocarbonyl (C=S) groups is 1. The van der Waals surface area contributed by atoms with Crippen molar-refractivity contribution in [2.24, 2.45) is 4.36 Å². The van der Waals surface area contributed by atoms with E-state index in [0.29, 0.717) is 21.5 Å². The van der Waals surface area contributed by atoms with Gasteiger partial charge in [0.1, 0.15) is 10.1 Å². The SMILES string of the molecule is COC(=O)c1ccccc1.COc1nc(CSC(=S)N(C)C)nc(NC(=O)N=S(=O)=O)n1. The summed E-state index contributed by atoms with van der Waals surface area (Å²) in [6, 6.07) is 7.73. The summed E-state index contributed by atoms with van der Waals surface area (Å²) >= 11 is 6.43. The highest BCUT2D eigenvalue weighted by Crippen LogP contribution is 2.15. The van der Waals surface area contributed by atoms with Gasteiger partial charge < -0.3 is 14.4 Å². The maximum absolute atomic E-state index is 11.2. The van der Waals surface area contributed by atoms with E-state index >= 15 is 0 Å². The molecule has 1 N–H and O–H groups in total. The molecule has 15 heteroatoms. The minimum Gasteiger partial charge on any atom is -0.467 e. The number of esters is 1. The van der Waals surface area contributed by atoms with Gasteiger partial charge in [-0.2, -0.15) is 23.4 Å². The van der Waals surface area contributed by atoms with Crippen LogP contribution in [0.5, 0.6) is 6.01 Å². The van der Waals surface area contributed by atoms with E-state index in [1.807, 2.05) is 6.07 Å². The molecule has 0 aliphatic rings. The Balaban J connectivity index is 0.000000425. The van der Waals surface area contributed by atoms with Gasteiger partial charge in [0.05, 0.1) is 25.5 Å². The molecule has 0 fully saturated rings. The van der Waals surface area contributed by atoms with Crippen molar-refractivity contribution < 1.29 is 27.5 Å². The van der Waals surface area contributed by atoms with Crippen LogP contribution in [-0.4, -0.2) is 72.9 Å². The first kappa shape index (κ1) is 26.9. The van der Waals surface area contributed by atoms with Gasteiger partial charge in [-0.3, -0.25) is 5.32 Å². The number of nitrogens with one attached hydrogen (secondary N) is 1. The number of nitrogens with zero attached hydrogens (tertiary/aromatic N) is 5. The molecule has 12 nitrogen and oxygen atoms in total. The van der Waals surface area contributed by atoms with E-state index in [9.17, 15) is 18.0 Å². The van der Waals surface area contributed by atoms with E-state index < -0.39 is 16.5 Å². The molecule has 2 amide bonds. The highest BCUT2D eigenvalue weighted by molar-refractivity contribution is 8.22. The fourth-order valence-corrected chi connectivity index (χ4v) is 2.74. The zero-order valence-electron chi connectivity index (χ0n) is 17.5. The van der Waals surface area contributed by atoms with E-state index in [0.717, 1.165) is 0 Å². The molecule has 172 valence electrons. The molecular formula is C17H20N6O6S3. The van der Waals surface area contributed by atoms with Crippen LogP contribution in [0.1, 0.15) is 16.2 Å². The molecule has 0 atom stereocenters. The fraction of sp³-hybridized carbons (Fsp3) is 0.294. The van der Waals surface area contributed by atoms with Gasteiger partial charge in [0.25, 0.3) is 0 Å². The number of anilines is 1. The first-order valence-corrected chi connectivity index (χ1v) is 11.0. The van der Waals surface area contributed by atoms with Crippen molar-refractivity contribution in [2.45, 2.75) is 5.75 Å². The van der Waals surface area contributed by atoms with Crippen LogP contribution in [0, 0.1) is 0 Å². The van der Waals surface area contributed by atoms with Crippen LogP contribution in [0.25, 0.3) is 0 Å². The number of methoxy groups -OCH3 is 2. The third-order valence-electron chi connectivity index (χ3n) is 3.10. The smallest absolute Gasteiger partial charge is 0.362 e. The van der Waals surface area contributed by atoms with Crippen molar-refractivity contribution in [1.29, 1.82) is 0 Å². The van der Waals surface area contributed by atoms with Gasteiger partial charge in [-0.05, 0) is 12.1 Å². The Morgan fingerprint density at radius 2 is 1.81 bits per heavy atom. The van der Waals surface area contributed by atoms with Crippen molar-refractivity contribution in [3.63, 3.8) is 0 Å². The van der Waals surface area contributed by atoms with Crippen molar-refractivity contribution in [2.75, 3.05) is 33.6 Å². The van der Waals surface area contributed by atoms with Crippen LogP contribution in [0.3, 0.4) is 0 Å². The molecule has 32 heavy (non-hydrogen) atoms. The monoisotopic (exact) mass is 500 g/mol. The Hall–Kier alpha value is -3.17. The summed E-state index contributed by atoms with van der Waals surface area (Å²) in [5.74, 6) is 0.168. The highest BCUT2D eigenvalue weighted by Gasteiger charge is 2.11. The van der Waals surface area contributed by atoms with Crippen molar-refractivity contribution in [3.05, 3.63) is 41.7 Å². The first-order chi connectivity index (χ1) is 15.2. The summed E-state index contributed by atoms with van der Waals surface area (Å²) in [7, 11) is 3.46. The number of benzene rings is 1. The Bertz CT molecular complexity index is 1070. The molecule has 1 aromatic carbocycles. The number of rotatable bonds is 5. The van der Waals surface area contributed by atoms with E-state index in [2.05, 4.69) is 29.4 Å². The Morgan fingerprint density at radius 3 is 2.34 bits per heavy atom. The fourth-order valence-electron chi connectivity index (χ4n) is 1.74. The first-order valence-electron chi connectivity index (χ1n) is 8.54. The van der Waals surface area contributed by atoms with Gasteiger partial charge in [-0.15, -0.1) is 0 Å². The van der Waals surface area contributed by atoms with Gasteiger partial charge in [0.2, 0.25) is 5.95 Å². The van der Waals surface area contributed by atoms with Gasteiger partial charge in [-0.25, -0.2) is 9.59 Å². The average molecular weight is 501 g/mol. The Labute approximate surface area is 195 Å². The van der Waals surface area contributed by atoms with Gasteiger partial charge in [-0.1, -0.05) is 46.5 Å². The van der Waals surface area contributed by atoms with Crippen LogP contribution in [0.15, 0.2) is 34.7 Å². The van der Waals surface area contributed by atoms with E-state index in [1.165, 1.54) is 26.0 Å². The summed E-state index contributed by atoms with van der Waals surface area (Å²) in [6.07, 6.45) is 0. The molecule has 0 unspecified atom stereocenters. The van der Waals surface area contributed by atoms with E-state index in [4.69, 9.17) is 17.0 Å². The zero-order valence-corrected chi connectivity index (χ0v) is 20.0. The highest BCUT2D eigenvalue weighted by atomic mass is 32.2. The normalized spacial score (nSPS) is 9.50. The summed E-state index contributed by atoms with van der Waals surface area (Å²) in [6.45, 7) is 0. The molecule has 0 spiro atoms. The summed E-state index contributed by atoms with van der Waals surface area (Å²) in [5, 5.41) is 2.11. The number of hydrogen-bond acceptors (Lipinski definition) is 11. The van der Waals surface area contributed by atoms with Crippen LogP contribution in [-0.2, 0) is 21.0 Å². The second-order valence-corrected chi connectivity index (χ2v) is 7.83. The number of thioether (sulfide) groups is 1. The van der Waals surface area contributed by atoms with Crippen molar-refractivity contribution in [1.82, 2.24) is 19.9 Å². The molecule has 0 saturated heterocycles. The number of aromatic nitrogens is 3. The predicted molar refractivity (Wildman–Crippen MR) is 122 cm³/mol. The minimum atomic E-state index is -2.86. The standard InChI is InChI=1S/C9H12N6O4S3.C8H8O2/c1-15(2)9(20)21-4-5-10-6(13-8(11-5)19-3)12-7(16)14-22(17)18;1-10-8(9)7-5-3-2-4-6-7/h4H2,1-3H3,(H,10,11,12,13,16);2-6H,1H3. The van der Waals surface area contributed by atoms with Crippen LogP contribution >= 0.6 is 24.0 Å². The molecule has 1 heterocycles. The lowest BCUT2D eigenvalue weighted by molar-refractivity contribution is 0.0600. The number of hydrogen-bond donors (Lipinski definition) is 1. The molecule has 2 aromatic rings. The topological polar surface area (TPSA) is 153 Å². The maximum Gasteiger partial charge on any atom is 0.362 e. The quantitative estimate of drug-likeness (QED) is 0.472. The number of urea groups is 1. The molecule has 0 radical (unpaired) electrons. The Morgan fingerprint density at radius 1 is 1.16 bits per heavy atom. The second kappa shape index (κ2) is 14.0. The van der Waals surface area contributed by atoms with E-state index in [-0.39, 0.29) is 17.9 Å². The van der Waals surface area contributed by atoms with Crippen LogP contribution < -0.4 is 10.1 Å². The zero-order chi connectivity index (χ0) is 24.1. The third kappa shape index (κ3) is 10.2. The molecule has 0 bridgehead atoms. The van der Waals surface area contributed by atoms with Crippen LogP contribution in [0.4, 0.5) is 10.7 Å². The third-order valence-corrected chi connectivity index (χ3v) is 5.15. The lowest BCUT2D eigenvalue weighted by Crippen LogP contribution is -2.17. The number of carbonyl (C=O) groups excluding carboxylic acids is 2. The summed E-state index contributed by atoms with van der Waals surface area (Å²) < 4.78 is 33.4. The maximum atomic E-state index is 11.2. The summed E-state index contributed by atoms with van der Waals surface area (Å²) in [4.78, 5) is 35.5. The lowest BCUT2D eigenvalue weighted by Gasteiger charge is -2.12. The number of amides is 2. The van der Waals surface area contributed by atoms with Crippen LogP contribution in [0.2, 0.25) is 0 Å². The lowest BCUT2D eigenvalue weighted by atomic mass is 10.2. The van der Waals surface area contributed by atoms with E-state index in [1.54, 1.807) is 43.3 Å². The van der Waals surface area contributed by atoms with Gasteiger partial charge in [0, 0.05) is 14.1 Å². The van der Waals surface area contributed by atoms with Crippen molar-refractivity contribution in [3.8, 4) is 6.01 Å². The molecule has 1 aromatic heterocycles. The Kier molecular flexibility index (Phi) is 11.8. The molecule has 2 rings (SSSR count). The largest absolute Gasteiger partial charge is 0.467 e. The van der Waals surface area contributed by atoms with Gasteiger partial charge >= 0.3 is 28.5 Å². The minimum absolute atomic E-state index is 0.0279.